The van der Waals surface area contributed by atoms with E-state index in [0.717, 1.165) is 11.4 Å². The Morgan fingerprint density at radius 3 is 2.94 bits per heavy atom. The van der Waals surface area contributed by atoms with Crippen molar-refractivity contribution in [2.75, 3.05) is 5.75 Å². The van der Waals surface area contributed by atoms with Crippen LogP contribution < -0.4 is 0 Å². The number of carboxylic acids is 1. The van der Waals surface area contributed by atoms with Crippen molar-refractivity contribution < 1.29 is 9.90 Å². The zero-order chi connectivity index (χ0) is 12.4. The fourth-order valence-corrected chi connectivity index (χ4v) is 2.22. The predicted molar refractivity (Wildman–Crippen MR) is 63.4 cm³/mol. The number of aryl methyl sites for hydroxylation is 2. The van der Waals surface area contributed by atoms with Gasteiger partial charge >= 0.3 is 5.97 Å². The maximum Gasteiger partial charge on any atom is 0.313 e. The van der Waals surface area contributed by atoms with Crippen molar-refractivity contribution in [2.45, 2.75) is 12.1 Å². The van der Waals surface area contributed by atoms with Gasteiger partial charge in [0.15, 0.2) is 5.16 Å². The summed E-state index contributed by atoms with van der Waals surface area (Å²) in [5, 5.41) is 13.6. The highest BCUT2D eigenvalue weighted by molar-refractivity contribution is 7.99. The molecule has 2 aromatic rings. The molecule has 0 amide bonds. The van der Waals surface area contributed by atoms with Crippen LogP contribution in [-0.2, 0) is 11.8 Å². The second-order valence-corrected chi connectivity index (χ2v) is 4.48. The van der Waals surface area contributed by atoms with Crippen LogP contribution >= 0.6 is 11.8 Å². The Morgan fingerprint density at radius 1 is 1.59 bits per heavy atom. The minimum Gasteiger partial charge on any atom is -0.481 e. The van der Waals surface area contributed by atoms with Gasteiger partial charge in [0, 0.05) is 25.6 Å². The minimum atomic E-state index is -0.854. The topological polar surface area (TPSA) is 72.9 Å². The van der Waals surface area contributed by atoms with Crippen LogP contribution in [0.2, 0.25) is 0 Å². The molecule has 0 fully saturated rings. The smallest absolute Gasteiger partial charge is 0.313 e. The van der Waals surface area contributed by atoms with Gasteiger partial charge in [-0.3, -0.25) is 14.0 Å². The van der Waals surface area contributed by atoms with Gasteiger partial charge in [0.2, 0.25) is 0 Å². The lowest BCUT2D eigenvalue weighted by atomic mass is 10.4. The van der Waals surface area contributed by atoms with E-state index in [9.17, 15) is 4.79 Å². The maximum atomic E-state index is 10.5. The van der Waals surface area contributed by atoms with Gasteiger partial charge < -0.3 is 5.11 Å². The highest BCUT2D eigenvalue weighted by atomic mass is 32.2. The number of hydrogen-bond donors (Lipinski definition) is 1. The Morgan fingerprint density at radius 2 is 2.35 bits per heavy atom. The average molecular weight is 252 g/mol. The van der Waals surface area contributed by atoms with E-state index in [4.69, 9.17) is 5.11 Å². The summed E-state index contributed by atoms with van der Waals surface area (Å²) in [5.74, 6) is -0.858. The molecule has 1 N–H and O–H groups in total. The molecule has 17 heavy (non-hydrogen) atoms. The molecule has 0 saturated carbocycles. The lowest BCUT2D eigenvalue weighted by molar-refractivity contribution is -0.133. The van der Waals surface area contributed by atoms with Crippen molar-refractivity contribution in [2.24, 2.45) is 7.05 Å². The Balaban J connectivity index is 2.30. The third-order valence-electron chi connectivity index (χ3n) is 2.18. The van der Waals surface area contributed by atoms with E-state index < -0.39 is 5.97 Å². The highest BCUT2D eigenvalue weighted by Gasteiger charge is 2.11. The normalized spacial score (nSPS) is 10.7. The number of carboxylic acid groups (broad SMARTS) is 1. The number of aromatic nitrogens is 4. The van der Waals surface area contributed by atoms with Gasteiger partial charge in [-0.05, 0) is 6.92 Å². The molecule has 0 aliphatic rings. The largest absolute Gasteiger partial charge is 0.481 e. The van der Waals surface area contributed by atoms with E-state index >= 15 is 0 Å². The first-order valence-corrected chi connectivity index (χ1v) is 5.95. The number of carbonyl (C=O) groups is 1. The van der Waals surface area contributed by atoms with Crippen LogP contribution in [0.5, 0.6) is 0 Å². The number of hydrogen-bond acceptors (Lipinski definition) is 4. The average Bonchev–Trinajstić information content (AvgIpc) is 2.81. The van der Waals surface area contributed by atoms with Gasteiger partial charge in [-0.1, -0.05) is 11.8 Å². The molecule has 0 radical (unpaired) electrons. The molecule has 0 bridgehead atoms. The zero-order valence-electron chi connectivity index (χ0n) is 9.49. The molecule has 0 atom stereocenters. The van der Waals surface area contributed by atoms with E-state index in [1.807, 2.05) is 24.7 Å². The Hall–Kier alpha value is -1.76. The van der Waals surface area contributed by atoms with Gasteiger partial charge in [-0.2, -0.15) is 5.10 Å². The summed E-state index contributed by atoms with van der Waals surface area (Å²) in [6, 6.07) is 0. The van der Waals surface area contributed by atoms with Crippen LogP contribution in [0.4, 0.5) is 0 Å². The molecule has 2 rings (SSSR count). The van der Waals surface area contributed by atoms with Gasteiger partial charge in [-0.15, -0.1) is 0 Å². The van der Waals surface area contributed by atoms with Crippen LogP contribution in [0, 0.1) is 6.92 Å². The van der Waals surface area contributed by atoms with Gasteiger partial charge in [0.05, 0.1) is 17.1 Å². The molecule has 0 spiro atoms. The van der Waals surface area contributed by atoms with Crippen LogP contribution in [-0.4, -0.2) is 36.2 Å². The van der Waals surface area contributed by atoms with Crippen molar-refractivity contribution in [3.8, 4) is 5.69 Å². The molecule has 90 valence electrons. The Labute approximate surface area is 102 Å². The van der Waals surface area contributed by atoms with Crippen LogP contribution in [0.25, 0.3) is 5.69 Å². The molecule has 2 heterocycles. The van der Waals surface area contributed by atoms with E-state index in [1.165, 1.54) is 11.8 Å². The van der Waals surface area contributed by atoms with E-state index in [-0.39, 0.29) is 5.75 Å². The van der Waals surface area contributed by atoms with E-state index in [0.29, 0.717) is 5.16 Å². The molecule has 0 aromatic carbocycles. The maximum absolute atomic E-state index is 10.5. The molecule has 0 unspecified atom stereocenters. The van der Waals surface area contributed by atoms with Crippen molar-refractivity contribution in [1.82, 2.24) is 19.3 Å². The van der Waals surface area contributed by atoms with Gasteiger partial charge in [0.25, 0.3) is 0 Å². The fraction of sp³-hybridized carbons (Fsp3) is 0.300. The number of imidazole rings is 1. The summed E-state index contributed by atoms with van der Waals surface area (Å²) >= 11 is 1.19. The lowest BCUT2D eigenvalue weighted by Gasteiger charge is -2.04. The van der Waals surface area contributed by atoms with E-state index in [1.54, 1.807) is 17.1 Å². The molecule has 0 aliphatic carbocycles. The third kappa shape index (κ3) is 2.50. The van der Waals surface area contributed by atoms with Crippen molar-refractivity contribution in [1.29, 1.82) is 0 Å². The third-order valence-corrected chi connectivity index (χ3v) is 3.13. The van der Waals surface area contributed by atoms with Gasteiger partial charge in [0.1, 0.15) is 0 Å². The molecule has 0 aliphatic heterocycles. The molecular formula is C10H12N4O2S. The molecule has 6 nitrogen and oxygen atoms in total. The van der Waals surface area contributed by atoms with Crippen molar-refractivity contribution >= 4 is 17.7 Å². The summed E-state index contributed by atoms with van der Waals surface area (Å²) in [5.41, 5.74) is 1.79. The second-order valence-electron chi connectivity index (χ2n) is 3.54. The standard InChI is InChI=1S/C10H12N4O2S/c1-7-8(5-13(2)12-7)14-4-3-11-10(14)17-6-9(15)16/h3-5H,6H2,1-2H3,(H,15,16). The van der Waals surface area contributed by atoms with Crippen LogP contribution in [0.15, 0.2) is 23.7 Å². The zero-order valence-corrected chi connectivity index (χ0v) is 10.3. The molecule has 0 saturated heterocycles. The predicted octanol–water partition coefficient (Wildman–Crippen LogP) is 1.09. The fourth-order valence-electron chi connectivity index (χ4n) is 1.53. The Kier molecular flexibility index (Phi) is 3.19. The summed E-state index contributed by atoms with van der Waals surface area (Å²) in [6.07, 6.45) is 5.33. The monoisotopic (exact) mass is 252 g/mol. The lowest BCUT2D eigenvalue weighted by Crippen LogP contribution is -2.01. The minimum absolute atomic E-state index is 0.00365. The SMILES string of the molecule is Cc1nn(C)cc1-n1ccnc1SCC(=O)O. The number of thioether (sulfide) groups is 1. The van der Waals surface area contributed by atoms with Crippen molar-refractivity contribution in [3.63, 3.8) is 0 Å². The number of nitrogens with zero attached hydrogens (tertiary/aromatic N) is 4. The van der Waals surface area contributed by atoms with Crippen LogP contribution in [0.3, 0.4) is 0 Å². The summed E-state index contributed by atoms with van der Waals surface area (Å²) in [4.78, 5) is 14.7. The second kappa shape index (κ2) is 4.62. The first-order valence-electron chi connectivity index (χ1n) is 4.96. The number of aliphatic carboxylic acids is 1. The van der Waals surface area contributed by atoms with Crippen LogP contribution in [0.1, 0.15) is 5.69 Å². The summed E-state index contributed by atoms with van der Waals surface area (Å²) < 4.78 is 3.56. The summed E-state index contributed by atoms with van der Waals surface area (Å²) in [7, 11) is 1.84. The highest BCUT2D eigenvalue weighted by Crippen LogP contribution is 2.21. The first-order chi connectivity index (χ1) is 8.08. The first kappa shape index (κ1) is 11.7. The quantitative estimate of drug-likeness (QED) is 0.825. The molecular weight excluding hydrogens is 240 g/mol. The Bertz CT molecular complexity index is 546. The number of rotatable bonds is 4. The van der Waals surface area contributed by atoms with Crippen molar-refractivity contribution in [3.05, 3.63) is 24.3 Å². The summed E-state index contributed by atoms with van der Waals surface area (Å²) in [6.45, 7) is 1.90. The molecule has 7 heteroatoms. The van der Waals surface area contributed by atoms with E-state index in [2.05, 4.69) is 10.1 Å². The molecule has 2 aromatic heterocycles. The van der Waals surface area contributed by atoms with Gasteiger partial charge in [-0.25, -0.2) is 4.98 Å².